The van der Waals surface area contributed by atoms with Gasteiger partial charge in [0.1, 0.15) is 0 Å². The van der Waals surface area contributed by atoms with Crippen LogP contribution in [-0.4, -0.2) is 65.4 Å². The Kier molecular flexibility index (Phi) is 4.71. The first kappa shape index (κ1) is 13.7. The molecule has 0 aromatic carbocycles. The number of nitrogens with one attached hydrogen (secondary N) is 2. The number of carboxylic acid groups (broad SMARTS) is 1. The summed E-state index contributed by atoms with van der Waals surface area (Å²) in [6.45, 7) is 3.67. The highest BCUT2D eigenvalue weighted by molar-refractivity contribution is 5.79. The van der Waals surface area contributed by atoms with Gasteiger partial charge in [0.2, 0.25) is 0 Å². The van der Waals surface area contributed by atoms with Crippen LogP contribution >= 0.6 is 0 Å². The molecule has 1 heterocycles. The lowest BCUT2D eigenvalue weighted by Gasteiger charge is -2.23. The van der Waals surface area contributed by atoms with Crippen LogP contribution in [-0.2, 0) is 4.79 Å². The van der Waals surface area contributed by atoms with Crippen LogP contribution in [0.1, 0.15) is 13.3 Å². The Morgan fingerprint density at radius 1 is 1.41 bits per heavy atom. The van der Waals surface area contributed by atoms with Crippen LogP contribution in [0.4, 0.5) is 4.79 Å². The third-order valence-electron chi connectivity index (χ3n) is 2.67. The molecule has 1 aliphatic heterocycles. The van der Waals surface area contributed by atoms with Crippen LogP contribution in [0, 0.1) is 0 Å². The van der Waals surface area contributed by atoms with E-state index >= 15 is 0 Å². The molecule has 2 amide bonds. The number of rotatable bonds is 3. The van der Waals surface area contributed by atoms with E-state index in [0.29, 0.717) is 13.1 Å². The molecule has 7 nitrogen and oxygen atoms in total. The van der Waals surface area contributed by atoms with E-state index in [2.05, 4.69) is 10.6 Å². The lowest BCUT2D eigenvalue weighted by Crippen LogP contribution is -2.50. The van der Waals surface area contributed by atoms with Crippen molar-refractivity contribution in [3.8, 4) is 0 Å². The molecule has 7 heteroatoms. The average molecular weight is 245 g/mol. The van der Waals surface area contributed by atoms with Gasteiger partial charge in [-0.1, -0.05) is 0 Å². The van der Waals surface area contributed by atoms with Gasteiger partial charge in [0.25, 0.3) is 0 Å². The minimum Gasteiger partial charge on any atom is -0.479 e. The maximum absolute atomic E-state index is 11.7. The molecule has 0 aliphatic carbocycles. The van der Waals surface area contributed by atoms with Crippen LogP contribution in [0.2, 0.25) is 0 Å². The first-order valence-corrected chi connectivity index (χ1v) is 5.63. The van der Waals surface area contributed by atoms with Crippen molar-refractivity contribution in [3.63, 3.8) is 0 Å². The van der Waals surface area contributed by atoms with Crippen molar-refractivity contribution in [3.05, 3.63) is 0 Å². The lowest BCUT2D eigenvalue weighted by atomic mass is 10.1. The van der Waals surface area contributed by atoms with Gasteiger partial charge in [0.05, 0.1) is 6.54 Å². The highest BCUT2D eigenvalue weighted by atomic mass is 16.4. The van der Waals surface area contributed by atoms with Gasteiger partial charge in [-0.15, -0.1) is 0 Å². The highest BCUT2D eigenvalue weighted by Crippen LogP contribution is 2.02. The van der Waals surface area contributed by atoms with Gasteiger partial charge in [-0.25, -0.2) is 9.59 Å². The molecule has 1 atom stereocenters. The van der Waals surface area contributed by atoms with Gasteiger partial charge in [0, 0.05) is 19.6 Å². The maximum Gasteiger partial charge on any atom is 0.337 e. The molecule has 1 saturated heterocycles. The monoisotopic (exact) mass is 245 g/mol. The summed E-state index contributed by atoms with van der Waals surface area (Å²) in [5.74, 6) is -1.35. The highest BCUT2D eigenvalue weighted by Gasteiger charge is 2.30. The van der Waals surface area contributed by atoms with Gasteiger partial charge in [-0.05, 0) is 19.9 Å². The fraction of sp³-hybridized carbons (Fsp3) is 0.800. The van der Waals surface area contributed by atoms with Crippen molar-refractivity contribution in [2.24, 2.45) is 0 Å². The smallest absolute Gasteiger partial charge is 0.337 e. The normalized spacial score (nSPS) is 20.2. The third kappa shape index (κ3) is 4.20. The summed E-state index contributed by atoms with van der Waals surface area (Å²) in [5.41, 5.74) is -1.93. The molecule has 1 aliphatic rings. The number of nitrogens with zero attached hydrogens (tertiary/aromatic N) is 1. The van der Waals surface area contributed by atoms with Crippen LogP contribution in [0.3, 0.4) is 0 Å². The summed E-state index contributed by atoms with van der Waals surface area (Å²) in [5, 5.41) is 23.7. The van der Waals surface area contributed by atoms with Gasteiger partial charge in [-0.2, -0.15) is 0 Å². The second-order valence-corrected chi connectivity index (χ2v) is 4.33. The van der Waals surface area contributed by atoms with Crippen LogP contribution in [0.5, 0.6) is 0 Å². The average Bonchev–Trinajstić information content (AvgIpc) is 2.54. The second kappa shape index (κ2) is 5.83. The zero-order chi connectivity index (χ0) is 12.9. The van der Waals surface area contributed by atoms with E-state index in [-0.39, 0.29) is 12.6 Å². The van der Waals surface area contributed by atoms with Crippen molar-refractivity contribution >= 4 is 12.0 Å². The second-order valence-electron chi connectivity index (χ2n) is 4.33. The van der Waals surface area contributed by atoms with Gasteiger partial charge in [0.15, 0.2) is 5.60 Å². The topological polar surface area (TPSA) is 102 Å². The predicted molar refractivity (Wildman–Crippen MR) is 60.7 cm³/mol. The predicted octanol–water partition coefficient (Wildman–Crippen LogP) is -1.17. The summed E-state index contributed by atoms with van der Waals surface area (Å²) in [6, 6.07) is -0.338. The van der Waals surface area contributed by atoms with Crippen molar-refractivity contribution in [2.45, 2.75) is 18.9 Å². The number of urea groups is 1. The maximum atomic E-state index is 11.7. The number of hydrogen-bond donors (Lipinski definition) is 4. The number of aliphatic hydroxyl groups is 1. The number of hydrogen-bond acceptors (Lipinski definition) is 4. The third-order valence-corrected chi connectivity index (χ3v) is 2.67. The zero-order valence-corrected chi connectivity index (χ0v) is 9.90. The van der Waals surface area contributed by atoms with Crippen molar-refractivity contribution in [1.29, 1.82) is 0 Å². The first-order chi connectivity index (χ1) is 7.93. The molecule has 4 N–H and O–H groups in total. The molecule has 1 unspecified atom stereocenters. The summed E-state index contributed by atoms with van der Waals surface area (Å²) in [6.07, 6.45) is 0.864. The fourth-order valence-corrected chi connectivity index (χ4v) is 1.48. The van der Waals surface area contributed by atoms with Gasteiger partial charge in [-0.3, -0.25) is 0 Å². The lowest BCUT2D eigenvalue weighted by molar-refractivity contribution is -0.155. The SMILES string of the molecule is CC(O)(CNC(=O)N1CCCNCC1)C(=O)O. The Labute approximate surface area is 99.8 Å². The fourth-order valence-electron chi connectivity index (χ4n) is 1.48. The van der Waals surface area contributed by atoms with Crippen LogP contribution in [0.25, 0.3) is 0 Å². The molecular weight excluding hydrogens is 226 g/mol. The summed E-state index contributed by atoms with van der Waals surface area (Å²) < 4.78 is 0. The van der Waals surface area contributed by atoms with Crippen molar-refractivity contribution in [2.75, 3.05) is 32.7 Å². The van der Waals surface area contributed by atoms with Crippen molar-refractivity contribution < 1.29 is 19.8 Å². The molecule has 0 aromatic rings. The Morgan fingerprint density at radius 3 is 2.76 bits per heavy atom. The zero-order valence-electron chi connectivity index (χ0n) is 9.90. The number of carboxylic acids is 1. The van der Waals surface area contributed by atoms with Crippen LogP contribution < -0.4 is 10.6 Å². The molecular formula is C10H19N3O4. The van der Waals surface area contributed by atoms with E-state index in [1.165, 1.54) is 0 Å². The minimum absolute atomic E-state index is 0.301. The number of carbonyl (C=O) groups is 2. The molecule has 0 saturated carbocycles. The summed E-state index contributed by atoms with van der Waals surface area (Å²) in [4.78, 5) is 24.0. The molecule has 98 valence electrons. The van der Waals surface area contributed by atoms with E-state index in [1.54, 1.807) is 4.90 Å². The van der Waals surface area contributed by atoms with Gasteiger partial charge < -0.3 is 25.7 Å². The van der Waals surface area contributed by atoms with Crippen LogP contribution in [0.15, 0.2) is 0 Å². The van der Waals surface area contributed by atoms with Gasteiger partial charge >= 0.3 is 12.0 Å². The Morgan fingerprint density at radius 2 is 2.12 bits per heavy atom. The summed E-state index contributed by atoms with van der Waals surface area (Å²) >= 11 is 0. The standard InChI is InChI=1S/C10H19N3O4/c1-10(17,8(14)15)7-12-9(16)13-5-2-3-11-4-6-13/h11,17H,2-7H2,1H3,(H,12,16)(H,14,15). The number of amides is 2. The number of carbonyl (C=O) groups excluding carboxylic acids is 1. The molecule has 0 spiro atoms. The van der Waals surface area contributed by atoms with Crippen molar-refractivity contribution in [1.82, 2.24) is 15.5 Å². The van der Waals surface area contributed by atoms with E-state index in [9.17, 15) is 14.7 Å². The van der Waals surface area contributed by atoms with E-state index in [0.717, 1.165) is 26.4 Å². The quantitative estimate of drug-likeness (QED) is 0.501. The summed E-state index contributed by atoms with van der Waals surface area (Å²) in [7, 11) is 0. The first-order valence-electron chi connectivity index (χ1n) is 5.63. The Hall–Kier alpha value is -1.34. The van der Waals surface area contributed by atoms with E-state index in [1.807, 2.05) is 0 Å². The van der Waals surface area contributed by atoms with E-state index < -0.39 is 11.6 Å². The van der Waals surface area contributed by atoms with E-state index in [4.69, 9.17) is 5.11 Å². The molecule has 1 rings (SSSR count). The molecule has 0 radical (unpaired) electrons. The molecule has 17 heavy (non-hydrogen) atoms. The Balaban J connectivity index is 2.40. The molecule has 0 bridgehead atoms. The Bertz CT molecular complexity index is 285. The largest absolute Gasteiger partial charge is 0.479 e. The number of aliphatic carboxylic acids is 1. The molecule has 1 fully saturated rings. The molecule has 0 aromatic heterocycles. The minimum atomic E-state index is -1.93.